The largest absolute Gasteiger partial charge is 0.468 e. The Hall–Kier alpha value is -0.630. The van der Waals surface area contributed by atoms with Crippen LogP contribution in [0.2, 0.25) is 0 Å². The molecule has 0 fully saturated rings. The SMILES string of the molecule is COC(=O)C(I)CNC(=O)c1cc2c(s1)CCCC2. The lowest BCUT2D eigenvalue weighted by molar-refractivity contribution is -0.139. The first-order valence-corrected chi connectivity index (χ1v) is 8.29. The summed E-state index contributed by atoms with van der Waals surface area (Å²) in [6.45, 7) is 0.300. The van der Waals surface area contributed by atoms with Gasteiger partial charge in [0.2, 0.25) is 0 Å². The van der Waals surface area contributed by atoms with E-state index in [1.165, 1.54) is 30.4 Å². The summed E-state index contributed by atoms with van der Waals surface area (Å²) in [6.07, 6.45) is 4.59. The van der Waals surface area contributed by atoms with Crippen LogP contribution >= 0.6 is 33.9 Å². The maximum absolute atomic E-state index is 12.0. The quantitative estimate of drug-likeness (QED) is 0.486. The number of hydrogen-bond donors (Lipinski definition) is 1. The number of aryl methyl sites for hydroxylation is 2. The molecule has 0 saturated heterocycles. The summed E-state index contributed by atoms with van der Waals surface area (Å²) in [5, 5.41) is 2.79. The summed E-state index contributed by atoms with van der Waals surface area (Å²) >= 11 is 3.55. The molecule has 19 heavy (non-hydrogen) atoms. The van der Waals surface area contributed by atoms with Gasteiger partial charge in [-0.2, -0.15) is 0 Å². The Balaban J connectivity index is 1.93. The van der Waals surface area contributed by atoms with Crippen LogP contribution in [0.4, 0.5) is 0 Å². The van der Waals surface area contributed by atoms with Gasteiger partial charge < -0.3 is 10.1 Å². The van der Waals surface area contributed by atoms with Crippen LogP contribution in [0.3, 0.4) is 0 Å². The van der Waals surface area contributed by atoms with Gasteiger partial charge in [-0.15, -0.1) is 11.3 Å². The number of carbonyl (C=O) groups is 2. The molecule has 0 bridgehead atoms. The van der Waals surface area contributed by atoms with Crippen LogP contribution < -0.4 is 5.32 Å². The minimum atomic E-state index is -0.346. The Morgan fingerprint density at radius 2 is 2.21 bits per heavy atom. The van der Waals surface area contributed by atoms with E-state index >= 15 is 0 Å². The van der Waals surface area contributed by atoms with E-state index in [1.54, 1.807) is 11.3 Å². The maximum Gasteiger partial charge on any atom is 0.320 e. The number of fused-ring (bicyclic) bond motifs is 1. The minimum absolute atomic E-state index is 0.0926. The van der Waals surface area contributed by atoms with E-state index in [2.05, 4.69) is 10.1 Å². The molecule has 6 heteroatoms. The van der Waals surface area contributed by atoms with Gasteiger partial charge in [-0.1, -0.05) is 22.6 Å². The predicted molar refractivity (Wildman–Crippen MR) is 83.1 cm³/mol. The van der Waals surface area contributed by atoms with E-state index in [4.69, 9.17) is 0 Å². The van der Waals surface area contributed by atoms with Crippen LogP contribution in [-0.4, -0.2) is 29.5 Å². The zero-order chi connectivity index (χ0) is 13.8. The molecule has 1 unspecified atom stereocenters. The summed E-state index contributed by atoms with van der Waals surface area (Å²) < 4.78 is 4.27. The summed E-state index contributed by atoms with van der Waals surface area (Å²) in [5.74, 6) is -0.406. The molecule has 0 spiro atoms. The second kappa shape index (κ2) is 6.69. The monoisotopic (exact) mass is 393 g/mol. The minimum Gasteiger partial charge on any atom is -0.468 e. The normalized spacial score (nSPS) is 15.5. The highest BCUT2D eigenvalue weighted by atomic mass is 127. The molecule has 1 aromatic heterocycles. The van der Waals surface area contributed by atoms with Crippen molar-refractivity contribution in [1.29, 1.82) is 0 Å². The molecule has 1 N–H and O–H groups in total. The van der Waals surface area contributed by atoms with Crippen LogP contribution in [0, 0.1) is 0 Å². The Labute approximate surface area is 130 Å². The standard InChI is InChI=1S/C13H16INO3S/c1-18-13(17)9(14)7-15-12(16)11-6-8-4-2-3-5-10(8)19-11/h6,9H,2-5,7H2,1H3,(H,15,16). The molecule has 4 nitrogen and oxygen atoms in total. The molecule has 1 atom stereocenters. The van der Waals surface area contributed by atoms with Gasteiger partial charge in [0.25, 0.3) is 5.91 Å². The molecule has 0 aromatic carbocycles. The highest BCUT2D eigenvalue weighted by Gasteiger charge is 2.19. The average Bonchev–Trinajstić information content (AvgIpc) is 2.87. The molecule has 1 aliphatic rings. The zero-order valence-electron chi connectivity index (χ0n) is 10.7. The topological polar surface area (TPSA) is 55.4 Å². The Morgan fingerprint density at radius 1 is 1.47 bits per heavy atom. The number of alkyl halides is 1. The third kappa shape index (κ3) is 3.68. The number of nitrogens with one attached hydrogen (secondary N) is 1. The van der Waals surface area contributed by atoms with Crippen LogP contribution in [0.5, 0.6) is 0 Å². The third-order valence-electron chi connectivity index (χ3n) is 3.12. The van der Waals surface area contributed by atoms with Crippen molar-refractivity contribution in [2.75, 3.05) is 13.7 Å². The average molecular weight is 393 g/mol. The number of carbonyl (C=O) groups excluding carboxylic acids is 2. The first kappa shape index (κ1) is 14.8. The number of thiophene rings is 1. The first-order valence-electron chi connectivity index (χ1n) is 6.23. The van der Waals surface area contributed by atoms with Gasteiger partial charge in [0.05, 0.1) is 12.0 Å². The molecule has 2 rings (SSSR count). The smallest absolute Gasteiger partial charge is 0.320 e. The van der Waals surface area contributed by atoms with Gasteiger partial charge in [-0.25, -0.2) is 0 Å². The summed E-state index contributed by atoms with van der Waals surface area (Å²) in [4.78, 5) is 25.4. The van der Waals surface area contributed by atoms with E-state index in [0.717, 1.165) is 17.7 Å². The zero-order valence-corrected chi connectivity index (χ0v) is 13.7. The van der Waals surface area contributed by atoms with Crippen LogP contribution in [0.25, 0.3) is 0 Å². The number of amides is 1. The molecule has 1 aliphatic carbocycles. The van der Waals surface area contributed by atoms with Gasteiger partial charge >= 0.3 is 5.97 Å². The number of methoxy groups -OCH3 is 1. The first-order chi connectivity index (χ1) is 9.11. The second-order valence-electron chi connectivity index (χ2n) is 4.47. The Bertz CT molecular complexity index is 463. The second-order valence-corrected chi connectivity index (χ2v) is 7.11. The molecule has 104 valence electrons. The predicted octanol–water partition coefficient (Wildman–Crippen LogP) is 2.33. The molecule has 0 aliphatic heterocycles. The fourth-order valence-electron chi connectivity index (χ4n) is 2.08. The number of rotatable bonds is 4. The van der Waals surface area contributed by atoms with Gasteiger partial charge in [0.15, 0.2) is 0 Å². The summed E-state index contributed by atoms with van der Waals surface area (Å²) in [7, 11) is 1.35. The lowest BCUT2D eigenvalue weighted by Gasteiger charge is -2.08. The van der Waals surface area contributed by atoms with Crippen molar-refractivity contribution < 1.29 is 14.3 Å². The van der Waals surface area contributed by atoms with Crippen molar-refractivity contribution in [2.45, 2.75) is 29.6 Å². The molecule has 0 saturated carbocycles. The Kier molecular flexibility index (Phi) is 5.20. The molecule has 0 radical (unpaired) electrons. The molecule has 1 aromatic rings. The van der Waals surface area contributed by atoms with Crippen LogP contribution in [-0.2, 0) is 22.4 Å². The van der Waals surface area contributed by atoms with Crippen molar-refractivity contribution >= 4 is 45.8 Å². The fourth-order valence-corrected chi connectivity index (χ4v) is 3.73. The number of hydrogen-bond acceptors (Lipinski definition) is 4. The summed E-state index contributed by atoms with van der Waals surface area (Å²) in [6, 6.07) is 1.99. The number of ether oxygens (including phenoxy) is 1. The van der Waals surface area contributed by atoms with E-state index in [9.17, 15) is 9.59 Å². The number of halogens is 1. The van der Waals surface area contributed by atoms with Crippen molar-refractivity contribution in [3.8, 4) is 0 Å². The van der Waals surface area contributed by atoms with Crippen LogP contribution in [0.15, 0.2) is 6.07 Å². The molecular weight excluding hydrogens is 377 g/mol. The number of esters is 1. The van der Waals surface area contributed by atoms with Gasteiger partial charge in [-0.3, -0.25) is 9.59 Å². The fraction of sp³-hybridized carbons (Fsp3) is 0.538. The van der Waals surface area contributed by atoms with E-state index in [1.807, 2.05) is 28.7 Å². The molecule has 1 amide bonds. The highest BCUT2D eigenvalue weighted by molar-refractivity contribution is 14.1. The summed E-state index contributed by atoms with van der Waals surface area (Å²) in [5.41, 5.74) is 1.32. The van der Waals surface area contributed by atoms with Crippen LogP contribution in [0.1, 0.15) is 33.0 Å². The third-order valence-corrected chi connectivity index (χ3v) is 5.30. The van der Waals surface area contributed by atoms with Gasteiger partial charge in [0.1, 0.15) is 3.92 Å². The maximum atomic E-state index is 12.0. The van der Waals surface area contributed by atoms with Crippen molar-refractivity contribution in [2.24, 2.45) is 0 Å². The lowest BCUT2D eigenvalue weighted by Crippen LogP contribution is -2.33. The Morgan fingerprint density at radius 3 is 2.89 bits per heavy atom. The van der Waals surface area contributed by atoms with Crippen molar-refractivity contribution in [1.82, 2.24) is 5.32 Å². The molecule has 1 heterocycles. The van der Waals surface area contributed by atoms with E-state index in [0.29, 0.717) is 6.54 Å². The van der Waals surface area contributed by atoms with E-state index in [-0.39, 0.29) is 15.8 Å². The van der Waals surface area contributed by atoms with E-state index < -0.39 is 0 Å². The highest BCUT2D eigenvalue weighted by Crippen LogP contribution is 2.29. The van der Waals surface area contributed by atoms with Crippen molar-refractivity contribution in [3.05, 3.63) is 21.4 Å². The molecular formula is C13H16INO3S. The van der Waals surface area contributed by atoms with Crippen molar-refractivity contribution in [3.63, 3.8) is 0 Å². The van der Waals surface area contributed by atoms with Gasteiger partial charge in [0, 0.05) is 11.4 Å². The lowest BCUT2D eigenvalue weighted by atomic mass is 9.99. The van der Waals surface area contributed by atoms with Gasteiger partial charge in [-0.05, 0) is 37.3 Å².